The molecule has 0 aliphatic carbocycles. The lowest BCUT2D eigenvalue weighted by Crippen LogP contribution is -2.39. The molecule has 0 spiro atoms. The van der Waals surface area contributed by atoms with Crippen molar-refractivity contribution >= 4 is 17.6 Å². The standard InChI is InChI=1S/C22H23ClF3NO4/c1-3-31-18-9-7-14(12-19(18)30-2)20(27-10-4-5-17(27)21(28)29)13-6-8-16(23)15(11-13)22(24,25)26/h6-9,11-12,17,20H,3-5,10H2,1-2H3,(H,28,29). The summed E-state index contributed by atoms with van der Waals surface area (Å²) in [6, 6.07) is 7.22. The van der Waals surface area contributed by atoms with Gasteiger partial charge in [0.2, 0.25) is 0 Å². The molecule has 2 aromatic carbocycles. The van der Waals surface area contributed by atoms with Gasteiger partial charge >= 0.3 is 12.1 Å². The van der Waals surface area contributed by atoms with Crippen molar-refractivity contribution in [3.8, 4) is 11.5 Å². The number of alkyl halides is 3. The summed E-state index contributed by atoms with van der Waals surface area (Å²) in [5.74, 6) is -0.0957. The van der Waals surface area contributed by atoms with E-state index >= 15 is 0 Å². The number of ether oxygens (including phenoxy) is 2. The number of hydrogen-bond acceptors (Lipinski definition) is 4. The molecule has 0 bridgehead atoms. The molecule has 1 aliphatic rings. The zero-order chi connectivity index (χ0) is 22.8. The third kappa shape index (κ3) is 4.91. The lowest BCUT2D eigenvalue weighted by molar-refractivity contribution is -0.143. The summed E-state index contributed by atoms with van der Waals surface area (Å²) < 4.78 is 51.4. The second-order valence-electron chi connectivity index (χ2n) is 7.22. The molecule has 2 atom stereocenters. The van der Waals surface area contributed by atoms with Crippen LogP contribution in [0.2, 0.25) is 5.02 Å². The monoisotopic (exact) mass is 457 g/mol. The van der Waals surface area contributed by atoms with E-state index in [1.165, 1.54) is 19.2 Å². The Morgan fingerprint density at radius 1 is 1.23 bits per heavy atom. The first-order chi connectivity index (χ1) is 14.7. The molecule has 31 heavy (non-hydrogen) atoms. The molecule has 0 aromatic heterocycles. The van der Waals surface area contributed by atoms with Crippen molar-refractivity contribution in [3.63, 3.8) is 0 Å². The van der Waals surface area contributed by atoms with E-state index in [0.29, 0.717) is 48.6 Å². The van der Waals surface area contributed by atoms with Crippen LogP contribution in [0.15, 0.2) is 36.4 Å². The molecule has 1 fully saturated rings. The van der Waals surface area contributed by atoms with Crippen molar-refractivity contribution in [2.45, 2.75) is 38.0 Å². The van der Waals surface area contributed by atoms with Gasteiger partial charge in [0.1, 0.15) is 6.04 Å². The molecule has 9 heteroatoms. The fourth-order valence-electron chi connectivity index (χ4n) is 4.00. The number of benzene rings is 2. The van der Waals surface area contributed by atoms with Crippen molar-refractivity contribution < 1.29 is 32.5 Å². The number of hydrogen-bond donors (Lipinski definition) is 1. The Labute approximate surface area is 183 Å². The summed E-state index contributed by atoms with van der Waals surface area (Å²) in [5, 5.41) is 9.27. The topological polar surface area (TPSA) is 59.0 Å². The fourth-order valence-corrected chi connectivity index (χ4v) is 4.22. The van der Waals surface area contributed by atoms with Gasteiger partial charge in [-0.15, -0.1) is 0 Å². The molecule has 5 nitrogen and oxygen atoms in total. The Hall–Kier alpha value is -2.45. The Bertz CT molecular complexity index is 951. The van der Waals surface area contributed by atoms with Crippen LogP contribution in [0.25, 0.3) is 0 Å². The van der Waals surface area contributed by atoms with Crippen LogP contribution in [0.1, 0.15) is 42.5 Å². The van der Waals surface area contributed by atoms with Crippen LogP contribution in [0.4, 0.5) is 13.2 Å². The molecule has 1 saturated heterocycles. The number of nitrogens with zero attached hydrogens (tertiary/aromatic N) is 1. The highest BCUT2D eigenvalue weighted by molar-refractivity contribution is 6.31. The van der Waals surface area contributed by atoms with Crippen LogP contribution in [-0.4, -0.2) is 42.3 Å². The predicted molar refractivity (Wildman–Crippen MR) is 110 cm³/mol. The highest BCUT2D eigenvalue weighted by atomic mass is 35.5. The Morgan fingerprint density at radius 2 is 1.90 bits per heavy atom. The van der Waals surface area contributed by atoms with Crippen molar-refractivity contribution in [1.29, 1.82) is 0 Å². The van der Waals surface area contributed by atoms with Gasteiger partial charge in [-0.25, -0.2) is 0 Å². The minimum atomic E-state index is -4.63. The zero-order valence-corrected chi connectivity index (χ0v) is 17.8. The van der Waals surface area contributed by atoms with Gasteiger partial charge in [-0.3, -0.25) is 9.69 Å². The minimum absolute atomic E-state index is 0.302. The third-order valence-electron chi connectivity index (χ3n) is 5.33. The second-order valence-corrected chi connectivity index (χ2v) is 7.62. The number of rotatable bonds is 7. The molecular weight excluding hydrogens is 435 g/mol. The summed E-state index contributed by atoms with van der Waals surface area (Å²) in [4.78, 5) is 13.5. The van der Waals surface area contributed by atoms with Crippen LogP contribution in [0.3, 0.4) is 0 Å². The maximum Gasteiger partial charge on any atom is 0.417 e. The van der Waals surface area contributed by atoms with E-state index < -0.39 is 34.8 Å². The van der Waals surface area contributed by atoms with Crippen LogP contribution in [-0.2, 0) is 11.0 Å². The van der Waals surface area contributed by atoms with E-state index in [-0.39, 0.29) is 0 Å². The van der Waals surface area contributed by atoms with Crippen molar-refractivity contribution in [1.82, 2.24) is 4.90 Å². The van der Waals surface area contributed by atoms with Crippen LogP contribution >= 0.6 is 11.6 Å². The molecule has 0 amide bonds. The Balaban J connectivity index is 2.16. The summed E-state index contributed by atoms with van der Waals surface area (Å²) in [5.41, 5.74) is -0.0550. The highest BCUT2D eigenvalue weighted by Crippen LogP contribution is 2.42. The van der Waals surface area contributed by atoms with Gasteiger partial charge in [-0.05, 0) is 55.2 Å². The first-order valence-corrected chi connectivity index (χ1v) is 10.2. The molecule has 168 valence electrons. The van der Waals surface area contributed by atoms with Crippen molar-refractivity contribution in [2.75, 3.05) is 20.3 Å². The lowest BCUT2D eigenvalue weighted by Gasteiger charge is -2.32. The van der Waals surface area contributed by atoms with E-state index in [1.807, 2.05) is 6.92 Å². The third-order valence-corrected chi connectivity index (χ3v) is 5.66. The van der Waals surface area contributed by atoms with Gasteiger partial charge in [-0.1, -0.05) is 23.7 Å². The average molecular weight is 458 g/mol. The van der Waals surface area contributed by atoms with Gasteiger partial charge in [0.25, 0.3) is 0 Å². The van der Waals surface area contributed by atoms with E-state index in [0.717, 1.165) is 6.07 Å². The van der Waals surface area contributed by atoms with Gasteiger partial charge in [0.05, 0.1) is 30.3 Å². The number of aliphatic carboxylic acids is 1. The van der Waals surface area contributed by atoms with Crippen LogP contribution < -0.4 is 9.47 Å². The number of carboxylic acids is 1. The second kappa shape index (κ2) is 9.36. The molecule has 0 saturated carbocycles. The van der Waals surface area contributed by atoms with E-state index in [4.69, 9.17) is 21.1 Å². The summed E-state index contributed by atoms with van der Waals surface area (Å²) in [6.07, 6.45) is -3.59. The maximum atomic E-state index is 13.5. The normalized spacial score (nSPS) is 18.1. The van der Waals surface area contributed by atoms with E-state index in [2.05, 4.69) is 0 Å². The maximum absolute atomic E-state index is 13.5. The number of carbonyl (C=O) groups is 1. The van der Waals surface area contributed by atoms with Gasteiger partial charge in [-0.2, -0.15) is 13.2 Å². The minimum Gasteiger partial charge on any atom is -0.493 e. The van der Waals surface area contributed by atoms with Gasteiger partial charge < -0.3 is 14.6 Å². The number of halogens is 4. The lowest BCUT2D eigenvalue weighted by atomic mass is 9.94. The number of carboxylic acid groups (broad SMARTS) is 1. The zero-order valence-electron chi connectivity index (χ0n) is 17.1. The fraction of sp³-hybridized carbons (Fsp3) is 0.409. The molecule has 2 aromatic rings. The highest BCUT2D eigenvalue weighted by Gasteiger charge is 2.39. The quantitative estimate of drug-likeness (QED) is 0.603. The molecular formula is C22H23ClF3NO4. The first-order valence-electron chi connectivity index (χ1n) is 9.83. The SMILES string of the molecule is CCOc1ccc(C(c2ccc(Cl)c(C(F)(F)F)c2)N2CCCC2C(=O)O)cc1OC. The van der Waals surface area contributed by atoms with Gasteiger partial charge in [0.15, 0.2) is 11.5 Å². The van der Waals surface area contributed by atoms with Crippen LogP contribution in [0.5, 0.6) is 11.5 Å². The van der Waals surface area contributed by atoms with Crippen LogP contribution in [0, 0.1) is 0 Å². The van der Waals surface area contributed by atoms with Gasteiger partial charge in [0, 0.05) is 6.54 Å². The molecule has 1 N–H and O–H groups in total. The first kappa shape index (κ1) is 23.2. The summed E-state index contributed by atoms with van der Waals surface area (Å²) in [7, 11) is 1.47. The predicted octanol–water partition coefficient (Wildman–Crippen LogP) is 5.40. The molecule has 1 heterocycles. The van der Waals surface area contributed by atoms with E-state index in [1.54, 1.807) is 23.1 Å². The number of methoxy groups -OCH3 is 1. The van der Waals surface area contributed by atoms with E-state index in [9.17, 15) is 23.1 Å². The summed E-state index contributed by atoms with van der Waals surface area (Å²) in [6.45, 7) is 2.67. The number of likely N-dealkylation sites (tertiary alicyclic amines) is 1. The smallest absolute Gasteiger partial charge is 0.417 e. The largest absolute Gasteiger partial charge is 0.493 e. The van der Waals surface area contributed by atoms with Crippen molar-refractivity contribution in [3.05, 3.63) is 58.1 Å². The molecule has 2 unspecified atom stereocenters. The molecule has 0 radical (unpaired) electrons. The Kier molecular flexibility index (Phi) is 7.01. The molecule has 3 rings (SSSR count). The van der Waals surface area contributed by atoms with Crippen molar-refractivity contribution in [2.24, 2.45) is 0 Å². The Morgan fingerprint density at radius 3 is 2.52 bits per heavy atom. The summed E-state index contributed by atoms with van der Waals surface area (Å²) >= 11 is 5.81. The molecule has 1 aliphatic heterocycles. The average Bonchev–Trinajstić information content (AvgIpc) is 3.19.